The van der Waals surface area contributed by atoms with Gasteiger partial charge in [-0.1, -0.05) is 178 Å². The number of benzene rings is 7. The van der Waals surface area contributed by atoms with Crippen LogP contribution in [0.1, 0.15) is 182 Å². The van der Waals surface area contributed by atoms with Gasteiger partial charge in [0, 0.05) is 54.1 Å². The summed E-state index contributed by atoms with van der Waals surface area (Å²) in [5, 5.41) is 3.93. The quantitative estimate of drug-likeness (QED) is 0.163. The van der Waals surface area contributed by atoms with E-state index in [0.29, 0.717) is 0 Å². The molecule has 0 unspecified atom stereocenters. The van der Waals surface area contributed by atoms with Crippen LogP contribution in [0.15, 0.2) is 127 Å². The lowest BCUT2D eigenvalue weighted by atomic mass is 9.36. The van der Waals surface area contributed by atoms with E-state index in [1.165, 1.54) is 146 Å². The molecule has 3 nitrogen and oxygen atoms in total. The number of rotatable bonds is 3. The van der Waals surface area contributed by atoms with Crippen LogP contribution in [0.3, 0.4) is 0 Å². The van der Waals surface area contributed by atoms with Crippen molar-refractivity contribution in [2.24, 2.45) is 0 Å². The molecule has 0 saturated heterocycles. The highest BCUT2D eigenvalue weighted by molar-refractivity contribution is 7.33. The van der Waals surface area contributed by atoms with Crippen LogP contribution in [0.2, 0.25) is 0 Å². The summed E-state index contributed by atoms with van der Waals surface area (Å²) in [6.07, 6.45) is 4.70. The molecule has 2 aliphatic heterocycles. The lowest BCUT2D eigenvalue weighted by molar-refractivity contribution is 0.332. The van der Waals surface area contributed by atoms with Gasteiger partial charge < -0.3 is 14.4 Å². The van der Waals surface area contributed by atoms with Crippen LogP contribution in [0.4, 0.5) is 34.1 Å². The van der Waals surface area contributed by atoms with E-state index in [4.69, 9.17) is 0 Å². The third-order valence-corrected chi connectivity index (χ3v) is 20.5. The maximum absolute atomic E-state index is 2.77. The molecule has 5 heteroatoms. The summed E-state index contributed by atoms with van der Waals surface area (Å²) in [5.41, 5.74) is 24.1. The Bertz CT molecular complexity index is 3880. The van der Waals surface area contributed by atoms with Gasteiger partial charge in [0.1, 0.15) is 0 Å². The molecule has 0 atom stereocenters. The highest BCUT2D eigenvalue weighted by Gasteiger charge is 2.48. The third kappa shape index (κ3) is 7.62. The summed E-state index contributed by atoms with van der Waals surface area (Å²) in [5.74, 6) is 0. The van der Waals surface area contributed by atoms with Crippen molar-refractivity contribution in [2.45, 2.75) is 181 Å². The largest absolute Gasteiger partial charge is 0.311 e. The van der Waals surface area contributed by atoms with E-state index in [2.05, 4.69) is 271 Å². The van der Waals surface area contributed by atoms with Crippen LogP contribution in [0, 0.1) is 0 Å². The normalized spacial score (nSPS) is 18.1. The fourth-order valence-electron chi connectivity index (χ4n) is 14.2. The van der Waals surface area contributed by atoms with E-state index in [0.717, 1.165) is 6.42 Å². The fourth-order valence-corrected chi connectivity index (χ4v) is 15.5. The summed E-state index contributed by atoms with van der Waals surface area (Å²) in [6.45, 7) is 41.3. The minimum Gasteiger partial charge on any atom is -0.311 e. The number of anilines is 6. The minimum absolute atomic E-state index is 0.00458. The van der Waals surface area contributed by atoms with Crippen molar-refractivity contribution in [2.75, 3.05) is 9.80 Å². The van der Waals surface area contributed by atoms with E-state index in [1.54, 1.807) is 0 Å². The van der Waals surface area contributed by atoms with Crippen LogP contribution < -0.4 is 25.5 Å². The van der Waals surface area contributed by atoms with Gasteiger partial charge in [0.25, 0.3) is 6.71 Å². The van der Waals surface area contributed by atoms with Crippen LogP contribution in [-0.2, 0) is 37.9 Å². The third-order valence-electron chi connectivity index (χ3n) is 19.3. The highest BCUT2D eigenvalue weighted by atomic mass is 32.1. The second kappa shape index (κ2) is 16.3. The summed E-state index contributed by atoms with van der Waals surface area (Å²) in [4.78, 5) is 5.48. The first-order valence-electron chi connectivity index (χ1n) is 28.9. The van der Waals surface area contributed by atoms with Crippen LogP contribution in [0.25, 0.3) is 37.6 Å². The lowest BCUT2D eigenvalue weighted by Gasteiger charge is -2.45. The predicted octanol–water partition coefficient (Wildman–Crippen LogP) is 18.7. The highest BCUT2D eigenvalue weighted by Crippen LogP contribution is 2.55. The number of nitrogens with zero attached hydrogens (tertiary/aromatic N) is 3. The average molecular weight is 1030 g/mol. The van der Waals surface area contributed by atoms with Gasteiger partial charge in [0.05, 0.1) is 22.4 Å². The average Bonchev–Trinajstić information content (AvgIpc) is 4.08. The topological polar surface area (TPSA) is 11.4 Å². The molecule has 0 radical (unpaired) electrons. The Hall–Kier alpha value is -6.04. The molecule has 2 aliphatic carbocycles. The van der Waals surface area contributed by atoms with Gasteiger partial charge in [-0.3, -0.25) is 0 Å². The van der Waals surface area contributed by atoms with Crippen LogP contribution in [-0.4, -0.2) is 11.3 Å². The number of fused-ring (bicyclic) bond motifs is 11. The number of aromatic nitrogens is 1. The zero-order valence-electron chi connectivity index (χ0n) is 49.3. The molecular formula is C72H80BN3S. The van der Waals surface area contributed by atoms with Gasteiger partial charge in [-0.15, -0.1) is 11.3 Å². The Morgan fingerprint density at radius 3 is 1.48 bits per heavy atom. The smallest absolute Gasteiger partial charge is 0.264 e. The first kappa shape index (κ1) is 50.5. The summed E-state index contributed by atoms with van der Waals surface area (Å²) >= 11 is 2.06. The van der Waals surface area contributed by atoms with Gasteiger partial charge in [0.15, 0.2) is 0 Å². The Balaban J connectivity index is 1.23. The van der Waals surface area contributed by atoms with Crippen molar-refractivity contribution in [3.8, 4) is 5.69 Å². The molecule has 392 valence electrons. The molecule has 0 saturated carbocycles. The molecular weight excluding hydrogens is 950 g/mol. The summed E-state index contributed by atoms with van der Waals surface area (Å²) in [7, 11) is 0. The maximum atomic E-state index is 2.77. The second-order valence-corrected chi connectivity index (χ2v) is 30.7. The van der Waals surface area contributed by atoms with Gasteiger partial charge in [-0.05, 0) is 180 Å². The molecule has 4 aliphatic rings. The summed E-state index contributed by atoms with van der Waals surface area (Å²) < 4.78 is 5.40. The second-order valence-electron chi connectivity index (χ2n) is 29.6. The fraction of sp³-hybridized carbons (Fsp3) is 0.389. The van der Waals surface area contributed by atoms with E-state index >= 15 is 0 Å². The van der Waals surface area contributed by atoms with Crippen molar-refractivity contribution < 1.29 is 0 Å². The molecule has 0 bridgehead atoms. The van der Waals surface area contributed by atoms with Crippen molar-refractivity contribution in [1.29, 1.82) is 0 Å². The van der Waals surface area contributed by atoms with Gasteiger partial charge >= 0.3 is 0 Å². The van der Waals surface area contributed by atoms with E-state index in [9.17, 15) is 0 Å². The van der Waals surface area contributed by atoms with Crippen molar-refractivity contribution in [1.82, 2.24) is 4.57 Å². The predicted molar refractivity (Wildman–Crippen MR) is 337 cm³/mol. The molecule has 7 aromatic carbocycles. The zero-order valence-corrected chi connectivity index (χ0v) is 50.1. The standard InChI is InChI=1S/C72H80BN3S/c1-66(2,3)43-26-29-56-59(37-43)75(47-35-44(67(4,5)6)34-45(36-47)68(7,8)9)60-39-48(74-57-24-20-18-22-49(57)50-23-19-21-25-58(50)74)40-61-63(60)73(56)65-64(51-41-54-55(42-62(51)77-65)72(16,17)33-32-71(54,14)15)76(61)46-27-28-52-53(38-46)70(12,13)31-30-69(52,10)11/h18-29,34-42H,30-33H2,1-17H3. The van der Waals surface area contributed by atoms with Crippen LogP contribution in [0.5, 0.6) is 0 Å². The van der Waals surface area contributed by atoms with Crippen molar-refractivity contribution in [3.05, 3.63) is 166 Å². The Morgan fingerprint density at radius 2 is 0.922 bits per heavy atom. The summed E-state index contributed by atoms with van der Waals surface area (Å²) in [6, 6.07) is 51.3. The molecule has 0 fully saturated rings. The van der Waals surface area contributed by atoms with Gasteiger partial charge in [-0.25, -0.2) is 0 Å². The Kier molecular flexibility index (Phi) is 10.7. The molecule has 77 heavy (non-hydrogen) atoms. The minimum atomic E-state index is -0.0749. The number of hydrogen-bond acceptors (Lipinski definition) is 3. The van der Waals surface area contributed by atoms with E-state index < -0.39 is 0 Å². The first-order chi connectivity index (χ1) is 36.0. The molecule has 0 spiro atoms. The monoisotopic (exact) mass is 1030 g/mol. The van der Waals surface area contributed by atoms with Crippen molar-refractivity contribution in [3.63, 3.8) is 0 Å². The molecule has 13 rings (SSSR count). The maximum Gasteiger partial charge on any atom is 0.264 e. The van der Waals surface area contributed by atoms with E-state index in [1.807, 2.05) is 0 Å². The lowest BCUT2D eigenvalue weighted by Crippen LogP contribution is -2.60. The molecule has 4 heterocycles. The number of thiophene rings is 1. The number of hydrogen-bond donors (Lipinski definition) is 0. The van der Waals surface area contributed by atoms with Gasteiger partial charge in [0.2, 0.25) is 0 Å². The SMILES string of the molecule is CC(C)(C)c1cc(N2c3cc(C(C)(C)C)ccc3B3c4sc5cc6c(cc5c4N(c4ccc5c(c4)C(C)(C)CCC5(C)C)c4cc(-n5c7ccccc7c7ccccc75)cc2c43)C(C)(C)CCC6(C)C)cc(C(C)(C)C)c1. The van der Waals surface area contributed by atoms with Crippen molar-refractivity contribution >= 4 is 99.8 Å². The first-order valence-corrected chi connectivity index (χ1v) is 29.7. The molecule has 9 aromatic rings. The molecule has 0 amide bonds. The Labute approximate surface area is 464 Å². The Morgan fingerprint density at radius 1 is 0.416 bits per heavy atom. The molecule has 0 N–H and O–H groups in total. The number of para-hydroxylation sites is 2. The zero-order chi connectivity index (χ0) is 54.5. The van der Waals surface area contributed by atoms with E-state index in [-0.39, 0.29) is 44.6 Å². The van der Waals surface area contributed by atoms with Crippen LogP contribution >= 0.6 is 11.3 Å². The molecule has 2 aromatic heterocycles. The van der Waals surface area contributed by atoms with Gasteiger partial charge in [-0.2, -0.15) is 0 Å².